The monoisotopic (exact) mass is 370 g/mol. The molecule has 0 rings (SSSR count). The number of hydrogen-bond acceptors (Lipinski definition) is 6. The van der Waals surface area contributed by atoms with E-state index in [1.54, 1.807) is 0 Å². The highest BCUT2D eigenvalue weighted by Gasteiger charge is 2.26. The highest BCUT2D eigenvalue weighted by molar-refractivity contribution is 7.75. The van der Waals surface area contributed by atoms with Gasteiger partial charge in [0.2, 0.25) is 6.73 Å². The molecule has 0 saturated heterocycles. The number of nitrogens with zero attached hydrogens (tertiary/aromatic N) is 1. The lowest BCUT2D eigenvalue weighted by molar-refractivity contribution is -0.988. The second-order valence-electron chi connectivity index (χ2n) is 6.22. The molecule has 0 aliphatic heterocycles. The van der Waals surface area contributed by atoms with Gasteiger partial charge in [0.15, 0.2) is 20.2 Å². The number of quaternary nitrogens is 1. The van der Waals surface area contributed by atoms with Crippen molar-refractivity contribution in [1.29, 1.82) is 0 Å². The predicted molar refractivity (Wildman–Crippen MR) is 93.4 cm³/mol. The van der Waals surface area contributed by atoms with Crippen molar-refractivity contribution in [2.75, 3.05) is 33.5 Å². The van der Waals surface area contributed by atoms with Crippen LogP contribution in [0.25, 0.3) is 0 Å². The van der Waals surface area contributed by atoms with Crippen LogP contribution in [0.1, 0.15) is 71.1 Å². The summed E-state index contributed by atoms with van der Waals surface area (Å²) >= 11 is -1.93. The summed E-state index contributed by atoms with van der Waals surface area (Å²) in [5.74, 6) is 0. The van der Waals surface area contributed by atoms with E-state index in [1.165, 1.54) is 44.9 Å². The normalized spacial score (nSPS) is 13.3. The van der Waals surface area contributed by atoms with Gasteiger partial charge < -0.3 is 15.3 Å². The van der Waals surface area contributed by atoms with Gasteiger partial charge in [-0.1, -0.05) is 64.7 Å². The Labute approximate surface area is 149 Å². The van der Waals surface area contributed by atoms with Crippen LogP contribution in [0.3, 0.4) is 0 Å². The van der Waals surface area contributed by atoms with Crippen molar-refractivity contribution in [3.8, 4) is 0 Å². The van der Waals surface area contributed by atoms with Gasteiger partial charge in [0.05, 0.1) is 6.61 Å². The van der Waals surface area contributed by atoms with Crippen molar-refractivity contribution in [3.05, 3.63) is 0 Å². The summed E-state index contributed by atoms with van der Waals surface area (Å²) in [6.07, 6.45) is 12.1. The third kappa shape index (κ3) is 12.3. The van der Waals surface area contributed by atoms with Crippen LogP contribution < -0.4 is 0 Å². The van der Waals surface area contributed by atoms with Crippen molar-refractivity contribution in [2.24, 2.45) is 0 Å². The Hall–Kier alpha value is -0.0900. The number of hydrogen-bond donors (Lipinski definition) is 3. The summed E-state index contributed by atoms with van der Waals surface area (Å²) in [5.41, 5.74) is 0. The van der Waals surface area contributed by atoms with Crippen LogP contribution in [0.15, 0.2) is 0 Å². The molecular formula is C16H36NO6S+. The molecular weight excluding hydrogens is 334 g/mol. The molecule has 0 heterocycles. The molecule has 0 saturated carbocycles. The summed E-state index contributed by atoms with van der Waals surface area (Å²) in [4.78, 5) is 0. The minimum absolute atomic E-state index is 0.284. The van der Waals surface area contributed by atoms with Gasteiger partial charge in [-0.3, -0.25) is 4.18 Å². The number of aliphatic hydroxyl groups excluding tert-OH is 3. The van der Waals surface area contributed by atoms with Crippen LogP contribution >= 0.6 is 0 Å². The number of aliphatic hydroxyl groups is 3. The highest BCUT2D eigenvalue weighted by Crippen LogP contribution is 2.11. The summed E-state index contributed by atoms with van der Waals surface area (Å²) in [7, 11) is 0. The van der Waals surface area contributed by atoms with Gasteiger partial charge in [0.25, 0.3) is 0 Å². The van der Waals surface area contributed by atoms with Crippen LogP contribution in [0.2, 0.25) is 0 Å². The molecule has 3 N–H and O–H groups in total. The molecule has 7 nitrogen and oxygen atoms in total. The average molecular weight is 371 g/mol. The van der Waals surface area contributed by atoms with Crippen molar-refractivity contribution in [2.45, 2.75) is 71.1 Å². The van der Waals surface area contributed by atoms with E-state index in [2.05, 4.69) is 6.92 Å². The van der Waals surface area contributed by atoms with E-state index >= 15 is 0 Å². The fourth-order valence-electron chi connectivity index (χ4n) is 2.16. The Kier molecular flexibility index (Phi) is 16.3. The van der Waals surface area contributed by atoms with Crippen LogP contribution in [0.4, 0.5) is 0 Å². The zero-order chi connectivity index (χ0) is 18.1. The van der Waals surface area contributed by atoms with Crippen molar-refractivity contribution in [1.82, 2.24) is 0 Å². The SMILES string of the molecule is CCCCCCCCCCCCOS(=O)OC[N+](CO)(CO)CO. The lowest BCUT2D eigenvalue weighted by Gasteiger charge is -2.30. The zero-order valence-electron chi connectivity index (χ0n) is 15.0. The van der Waals surface area contributed by atoms with E-state index in [0.717, 1.165) is 19.3 Å². The number of unbranched alkanes of at least 4 members (excludes halogenated alkanes) is 9. The van der Waals surface area contributed by atoms with Gasteiger partial charge in [-0.25, -0.2) is 8.67 Å². The van der Waals surface area contributed by atoms with E-state index in [-0.39, 0.29) is 6.73 Å². The van der Waals surface area contributed by atoms with Gasteiger partial charge in [-0.05, 0) is 6.42 Å². The fraction of sp³-hybridized carbons (Fsp3) is 1.00. The van der Waals surface area contributed by atoms with Gasteiger partial charge in [-0.2, -0.15) is 4.21 Å². The molecule has 0 amide bonds. The molecule has 24 heavy (non-hydrogen) atoms. The zero-order valence-corrected chi connectivity index (χ0v) is 15.8. The topological polar surface area (TPSA) is 96.2 Å². The lowest BCUT2D eigenvalue weighted by atomic mass is 10.1. The summed E-state index contributed by atoms with van der Waals surface area (Å²) in [6.45, 7) is 0.754. The van der Waals surface area contributed by atoms with E-state index in [1.807, 2.05) is 0 Å². The van der Waals surface area contributed by atoms with Crippen molar-refractivity contribution in [3.63, 3.8) is 0 Å². The molecule has 0 bridgehead atoms. The smallest absolute Gasteiger partial charge is 0.309 e. The molecule has 0 aromatic carbocycles. The van der Waals surface area contributed by atoms with Crippen molar-refractivity contribution < 1.29 is 32.4 Å². The first-order valence-corrected chi connectivity index (χ1v) is 10.00. The fourth-order valence-corrected chi connectivity index (χ4v) is 2.79. The van der Waals surface area contributed by atoms with Crippen LogP contribution in [0, 0.1) is 0 Å². The van der Waals surface area contributed by atoms with E-state index in [9.17, 15) is 4.21 Å². The molecule has 1 unspecified atom stereocenters. The van der Waals surface area contributed by atoms with E-state index in [0.29, 0.717) is 6.61 Å². The molecule has 8 heteroatoms. The third-order valence-electron chi connectivity index (χ3n) is 4.00. The molecule has 0 spiro atoms. The maximum atomic E-state index is 11.5. The third-order valence-corrected chi connectivity index (χ3v) is 4.66. The first kappa shape index (κ1) is 23.9. The molecule has 0 aromatic rings. The van der Waals surface area contributed by atoms with Crippen LogP contribution in [-0.2, 0) is 19.7 Å². The Balaban J connectivity index is 3.46. The maximum Gasteiger partial charge on any atom is 0.309 e. The van der Waals surface area contributed by atoms with Crippen LogP contribution in [-0.4, -0.2) is 57.5 Å². The van der Waals surface area contributed by atoms with Crippen molar-refractivity contribution >= 4 is 11.4 Å². The first-order valence-electron chi connectivity index (χ1n) is 9.00. The molecule has 0 aliphatic carbocycles. The lowest BCUT2D eigenvalue weighted by Crippen LogP contribution is -2.51. The Morgan fingerprint density at radius 3 is 1.67 bits per heavy atom. The van der Waals surface area contributed by atoms with E-state index in [4.69, 9.17) is 23.7 Å². The van der Waals surface area contributed by atoms with E-state index < -0.39 is 36.0 Å². The predicted octanol–water partition coefficient (Wildman–Crippen LogP) is 2.14. The average Bonchev–Trinajstić information content (AvgIpc) is 2.61. The Morgan fingerprint density at radius 2 is 1.21 bits per heavy atom. The molecule has 0 fully saturated rings. The van der Waals surface area contributed by atoms with Gasteiger partial charge in [-0.15, -0.1) is 0 Å². The summed E-state index contributed by atoms with van der Waals surface area (Å²) in [5, 5.41) is 27.3. The largest absolute Gasteiger partial charge is 0.347 e. The minimum atomic E-state index is -1.93. The van der Waals surface area contributed by atoms with Gasteiger partial charge in [0, 0.05) is 0 Å². The van der Waals surface area contributed by atoms with Crippen LogP contribution in [0.5, 0.6) is 0 Å². The van der Waals surface area contributed by atoms with Gasteiger partial charge in [0.1, 0.15) is 0 Å². The maximum absolute atomic E-state index is 11.5. The molecule has 1 atom stereocenters. The standard InChI is InChI=1S/C16H36NO6S/c1-2-3-4-5-6-7-8-9-10-11-12-22-24(21)23-16-17(13-18,14-19)15-20/h18-20H,2-16H2,1H3/q+1. The Bertz CT molecular complexity index is 294. The second-order valence-corrected chi connectivity index (χ2v) is 7.10. The Morgan fingerprint density at radius 1 is 0.750 bits per heavy atom. The molecule has 0 radical (unpaired) electrons. The highest BCUT2D eigenvalue weighted by atomic mass is 32.2. The molecule has 0 aliphatic rings. The number of rotatable bonds is 18. The minimum Gasteiger partial charge on any atom is -0.347 e. The summed E-state index contributed by atoms with van der Waals surface area (Å²) in [6, 6.07) is 0. The van der Waals surface area contributed by atoms with Gasteiger partial charge >= 0.3 is 11.4 Å². The molecule has 0 aromatic heterocycles. The quantitative estimate of drug-likeness (QED) is 0.194. The first-order chi connectivity index (χ1) is 11.6. The summed E-state index contributed by atoms with van der Waals surface area (Å²) < 4.78 is 21.0. The molecule has 146 valence electrons. The second kappa shape index (κ2) is 16.4.